The van der Waals surface area contributed by atoms with Crippen molar-refractivity contribution in [2.75, 3.05) is 0 Å². The van der Waals surface area contributed by atoms with E-state index in [4.69, 9.17) is 15.3 Å². The summed E-state index contributed by atoms with van der Waals surface area (Å²) in [7, 11) is 0. The number of rotatable bonds is 1. The summed E-state index contributed by atoms with van der Waals surface area (Å²) >= 11 is 0. The fourth-order valence-electron chi connectivity index (χ4n) is 0.872. The standard InChI is InChI=1S/C7H8O4/c8-5-3-1-2-4(6(5)9)7(10)11/h1-2,5,8-9H,3H2,(H,10,11). The molecule has 11 heavy (non-hydrogen) atoms. The van der Waals surface area contributed by atoms with E-state index in [1.807, 2.05) is 0 Å². The van der Waals surface area contributed by atoms with Crippen molar-refractivity contribution in [3.63, 3.8) is 0 Å². The van der Waals surface area contributed by atoms with Crippen LogP contribution in [0.25, 0.3) is 0 Å². The van der Waals surface area contributed by atoms with Gasteiger partial charge in [0, 0.05) is 0 Å². The smallest absolute Gasteiger partial charge is 0.339 e. The Kier molecular flexibility index (Phi) is 1.96. The zero-order valence-corrected chi connectivity index (χ0v) is 5.69. The van der Waals surface area contributed by atoms with Crippen LogP contribution >= 0.6 is 0 Å². The summed E-state index contributed by atoms with van der Waals surface area (Å²) in [5, 5.41) is 26.4. The third kappa shape index (κ3) is 1.40. The Bertz CT molecular complexity index is 239. The molecule has 60 valence electrons. The van der Waals surface area contributed by atoms with Crippen LogP contribution in [0.2, 0.25) is 0 Å². The van der Waals surface area contributed by atoms with Gasteiger partial charge in [-0.3, -0.25) is 0 Å². The van der Waals surface area contributed by atoms with E-state index in [0.717, 1.165) is 0 Å². The Morgan fingerprint density at radius 2 is 2.27 bits per heavy atom. The maximum absolute atomic E-state index is 10.3. The minimum Gasteiger partial charge on any atom is -0.509 e. The molecule has 0 bridgehead atoms. The van der Waals surface area contributed by atoms with Crippen LogP contribution in [0.1, 0.15) is 6.42 Å². The predicted octanol–water partition coefficient (Wildman–Crippen LogP) is 0.204. The topological polar surface area (TPSA) is 77.8 Å². The second-order valence-electron chi connectivity index (χ2n) is 2.26. The lowest BCUT2D eigenvalue weighted by Crippen LogP contribution is -2.17. The van der Waals surface area contributed by atoms with E-state index in [9.17, 15) is 4.79 Å². The SMILES string of the molecule is O=C(O)C1=C(O)C(O)CC=C1. The van der Waals surface area contributed by atoms with Crippen LogP contribution in [0.3, 0.4) is 0 Å². The molecule has 4 heteroatoms. The molecule has 0 aromatic heterocycles. The molecule has 0 amide bonds. The zero-order chi connectivity index (χ0) is 8.43. The van der Waals surface area contributed by atoms with Gasteiger partial charge in [0.05, 0.1) is 5.57 Å². The van der Waals surface area contributed by atoms with Gasteiger partial charge in [0.2, 0.25) is 0 Å². The van der Waals surface area contributed by atoms with Crippen molar-refractivity contribution in [3.8, 4) is 0 Å². The molecule has 0 aromatic rings. The van der Waals surface area contributed by atoms with Gasteiger partial charge in [-0.25, -0.2) is 4.79 Å². The average molecular weight is 156 g/mol. The van der Waals surface area contributed by atoms with Gasteiger partial charge in [0.25, 0.3) is 0 Å². The molecule has 0 spiro atoms. The van der Waals surface area contributed by atoms with Crippen molar-refractivity contribution in [1.82, 2.24) is 0 Å². The Labute approximate surface area is 63.1 Å². The number of hydrogen-bond acceptors (Lipinski definition) is 3. The summed E-state index contributed by atoms with van der Waals surface area (Å²) in [5.74, 6) is -1.68. The largest absolute Gasteiger partial charge is 0.509 e. The lowest BCUT2D eigenvalue weighted by Gasteiger charge is -2.12. The molecule has 0 heterocycles. The van der Waals surface area contributed by atoms with Crippen LogP contribution in [-0.2, 0) is 4.79 Å². The normalized spacial score (nSPS) is 23.9. The first-order valence-electron chi connectivity index (χ1n) is 3.14. The molecule has 3 N–H and O–H groups in total. The molecule has 0 saturated carbocycles. The molecule has 1 atom stereocenters. The molecule has 0 radical (unpaired) electrons. The molecule has 0 saturated heterocycles. The van der Waals surface area contributed by atoms with Crippen molar-refractivity contribution in [2.24, 2.45) is 0 Å². The van der Waals surface area contributed by atoms with Crippen LogP contribution in [0.5, 0.6) is 0 Å². The molecule has 1 aliphatic carbocycles. The third-order valence-corrected chi connectivity index (χ3v) is 1.47. The van der Waals surface area contributed by atoms with Crippen molar-refractivity contribution in [1.29, 1.82) is 0 Å². The molecule has 0 fully saturated rings. The number of aliphatic carboxylic acids is 1. The van der Waals surface area contributed by atoms with Gasteiger partial charge in [-0.15, -0.1) is 0 Å². The summed E-state index contributed by atoms with van der Waals surface area (Å²) in [5.41, 5.74) is -0.233. The van der Waals surface area contributed by atoms with Gasteiger partial charge in [-0.05, 0) is 12.5 Å². The minimum absolute atomic E-state index is 0.233. The van der Waals surface area contributed by atoms with Crippen LogP contribution in [-0.4, -0.2) is 27.4 Å². The Morgan fingerprint density at radius 1 is 1.64 bits per heavy atom. The number of aliphatic hydroxyl groups excluding tert-OH is 2. The van der Waals surface area contributed by atoms with Gasteiger partial charge in [0.1, 0.15) is 11.9 Å². The highest BCUT2D eigenvalue weighted by Gasteiger charge is 2.20. The summed E-state index contributed by atoms with van der Waals surface area (Å²) in [4.78, 5) is 10.3. The van der Waals surface area contributed by atoms with Crippen LogP contribution in [0.4, 0.5) is 0 Å². The molecule has 0 aliphatic heterocycles. The Balaban J connectivity index is 2.98. The monoisotopic (exact) mass is 156 g/mol. The molecule has 1 rings (SSSR count). The van der Waals surface area contributed by atoms with Crippen molar-refractivity contribution < 1.29 is 20.1 Å². The molecule has 0 aromatic carbocycles. The van der Waals surface area contributed by atoms with Gasteiger partial charge < -0.3 is 15.3 Å². The number of aliphatic hydroxyl groups is 2. The highest BCUT2D eigenvalue weighted by atomic mass is 16.4. The van der Waals surface area contributed by atoms with E-state index < -0.39 is 17.8 Å². The van der Waals surface area contributed by atoms with E-state index in [-0.39, 0.29) is 12.0 Å². The van der Waals surface area contributed by atoms with E-state index >= 15 is 0 Å². The highest BCUT2D eigenvalue weighted by Crippen LogP contribution is 2.16. The lowest BCUT2D eigenvalue weighted by molar-refractivity contribution is -0.132. The molecular formula is C7H8O4. The average Bonchev–Trinajstić information content (AvgIpc) is 1.94. The van der Waals surface area contributed by atoms with Gasteiger partial charge in [-0.1, -0.05) is 6.08 Å². The van der Waals surface area contributed by atoms with Gasteiger partial charge in [0.15, 0.2) is 0 Å². The first kappa shape index (κ1) is 7.81. The third-order valence-electron chi connectivity index (χ3n) is 1.47. The van der Waals surface area contributed by atoms with Crippen LogP contribution in [0.15, 0.2) is 23.5 Å². The second kappa shape index (κ2) is 2.75. The molecular weight excluding hydrogens is 148 g/mol. The van der Waals surface area contributed by atoms with E-state index in [1.165, 1.54) is 12.2 Å². The fraction of sp³-hybridized carbons (Fsp3) is 0.286. The van der Waals surface area contributed by atoms with E-state index in [0.29, 0.717) is 0 Å². The summed E-state index contributed by atoms with van der Waals surface area (Å²) in [6, 6.07) is 0. The summed E-state index contributed by atoms with van der Waals surface area (Å²) < 4.78 is 0. The quantitative estimate of drug-likeness (QED) is 0.507. The minimum atomic E-state index is -1.22. The van der Waals surface area contributed by atoms with Crippen LogP contribution in [0, 0.1) is 0 Å². The Morgan fingerprint density at radius 3 is 2.73 bits per heavy atom. The van der Waals surface area contributed by atoms with Crippen LogP contribution < -0.4 is 0 Å². The van der Waals surface area contributed by atoms with Gasteiger partial charge >= 0.3 is 5.97 Å². The molecule has 1 unspecified atom stereocenters. The van der Waals surface area contributed by atoms with Crippen molar-refractivity contribution >= 4 is 5.97 Å². The highest BCUT2D eigenvalue weighted by molar-refractivity contribution is 5.90. The van der Waals surface area contributed by atoms with Crippen molar-refractivity contribution in [3.05, 3.63) is 23.5 Å². The maximum Gasteiger partial charge on any atom is 0.339 e. The summed E-state index contributed by atoms with van der Waals surface area (Å²) in [6.45, 7) is 0. The van der Waals surface area contributed by atoms with Gasteiger partial charge in [-0.2, -0.15) is 0 Å². The number of carboxylic acids is 1. The summed E-state index contributed by atoms with van der Waals surface area (Å²) in [6.07, 6.45) is 1.99. The first-order valence-corrected chi connectivity index (χ1v) is 3.14. The van der Waals surface area contributed by atoms with Crippen molar-refractivity contribution in [2.45, 2.75) is 12.5 Å². The molecule has 4 nitrogen and oxygen atoms in total. The van der Waals surface area contributed by atoms with E-state index in [1.54, 1.807) is 0 Å². The fourth-order valence-corrected chi connectivity index (χ4v) is 0.872. The maximum atomic E-state index is 10.3. The first-order chi connectivity index (χ1) is 5.13. The predicted molar refractivity (Wildman–Crippen MR) is 37.1 cm³/mol. The Hall–Kier alpha value is -1.29. The zero-order valence-electron chi connectivity index (χ0n) is 5.69. The molecule has 1 aliphatic rings. The number of carboxylic acid groups (broad SMARTS) is 1. The van der Waals surface area contributed by atoms with E-state index in [2.05, 4.69) is 0 Å². The number of carbonyl (C=O) groups is 1. The number of hydrogen-bond donors (Lipinski definition) is 3. The second-order valence-corrected chi connectivity index (χ2v) is 2.26. The lowest BCUT2D eigenvalue weighted by atomic mass is 10.0.